The van der Waals surface area contributed by atoms with Gasteiger partial charge in [-0.15, -0.1) is 0 Å². The Bertz CT molecular complexity index is 663. The van der Waals surface area contributed by atoms with Crippen molar-refractivity contribution in [2.75, 3.05) is 6.61 Å². The molecule has 6 atom stereocenters. The van der Waals surface area contributed by atoms with E-state index in [0.29, 0.717) is 12.2 Å². The van der Waals surface area contributed by atoms with Gasteiger partial charge in [-0.25, -0.2) is 0 Å². The summed E-state index contributed by atoms with van der Waals surface area (Å²) in [5.74, 6) is -0.516. The van der Waals surface area contributed by atoms with Crippen LogP contribution in [0.2, 0.25) is 0 Å². The second-order valence-corrected chi connectivity index (χ2v) is 6.77. The van der Waals surface area contributed by atoms with Crippen LogP contribution in [0.4, 0.5) is 0 Å². The summed E-state index contributed by atoms with van der Waals surface area (Å²) < 4.78 is 34.6. The molecule has 0 amide bonds. The molecule has 0 unspecified atom stereocenters. The number of hydrogen-bond acceptors (Lipinski definition) is 8. The van der Waals surface area contributed by atoms with Crippen molar-refractivity contribution in [2.45, 2.75) is 70.6 Å². The van der Waals surface area contributed by atoms with E-state index in [1.807, 2.05) is 25.1 Å². The molecule has 0 aliphatic carbocycles. The van der Waals surface area contributed by atoms with Crippen LogP contribution in [0.3, 0.4) is 0 Å². The Morgan fingerprint density at radius 1 is 1.04 bits per heavy atom. The number of carbonyl (C=O) groups is 2. The van der Waals surface area contributed by atoms with Crippen molar-refractivity contribution in [3.8, 4) is 5.75 Å². The number of fused-ring (bicyclic) bond motifs is 1. The molecule has 0 N–H and O–H groups in total. The van der Waals surface area contributed by atoms with Gasteiger partial charge in [-0.3, -0.25) is 9.59 Å². The summed E-state index contributed by atoms with van der Waals surface area (Å²) in [6, 6.07) is 8.99. The molecule has 3 rings (SSSR count). The first-order valence-corrected chi connectivity index (χ1v) is 9.46. The van der Waals surface area contributed by atoms with Gasteiger partial charge < -0.3 is 28.4 Å². The zero-order valence-corrected chi connectivity index (χ0v) is 16.2. The van der Waals surface area contributed by atoms with Gasteiger partial charge in [0.1, 0.15) is 18.0 Å². The van der Waals surface area contributed by atoms with Gasteiger partial charge in [0.25, 0.3) is 0 Å². The van der Waals surface area contributed by atoms with E-state index in [9.17, 15) is 9.59 Å². The van der Waals surface area contributed by atoms with Crippen LogP contribution >= 0.6 is 0 Å². The fourth-order valence-corrected chi connectivity index (χ4v) is 3.35. The van der Waals surface area contributed by atoms with Crippen molar-refractivity contribution in [1.29, 1.82) is 0 Å². The van der Waals surface area contributed by atoms with Gasteiger partial charge in [-0.1, -0.05) is 31.5 Å². The fraction of sp³-hybridized carbons (Fsp3) is 0.600. The van der Waals surface area contributed by atoms with Crippen molar-refractivity contribution in [2.24, 2.45) is 0 Å². The Hall–Kier alpha value is -2.16. The van der Waals surface area contributed by atoms with E-state index in [0.717, 1.165) is 6.42 Å². The molecule has 2 aliphatic heterocycles. The van der Waals surface area contributed by atoms with Gasteiger partial charge in [0.2, 0.25) is 12.4 Å². The molecular formula is C20H26O8. The molecule has 2 saturated heterocycles. The summed E-state index contributed by atoms with van der Waals surface area (Å²) in [5, 5.41) is 0. The van der Waals surface area contributed by atoms with Crippen LogP contribution in [-0.4, -0.2) is 55.5 Å². The topological polar surface area (TPSA) is 89.5 Å². The minimum atomic E-state index is -0.983. The maximum atomic E-state index is 11.8. The monoisotopic (exact) mass is 394 g/mol. The highest BCUT2D eigenvalue weighted by atomic mass is 16.8. The van der Waals surface area contributed by atoms with E-state index < -0.39 is 48.9 Å². The van der Waals surface area contributed by atoms with Crippen LogP contribution in [0.15, 0.2) is 30.3 Å². The largest absolute Gasteiger partial charge is 0.461 e. The SMILES string of the molecule is CCC[C@@H]1OC[C@H]2O[C@@H](Oc3ccccc3)[C@H](OC(C)=O)[C@@H](OC(C)=O)[C@@H]2O1. The zero-order chi connectivity index (χ0) is 20.1. The first-order chi connectivity index (χ1) is 13.5. The van der Waals surface area contributed by atoms with Crippen molar-refractivity contribution >= 4 is 11.9 Å². The predicted molar refractivity (Wildman–Crippen MR) is 96.4 cm³/mol. The summed E-state index contributed by atoms with van der Waals surface area (Å²) in [5.41, 5.74) is 0. The van der Waals surface area contributed by atoms with Crippen molar-refractivity contribution in [1.82, 2.24) is 0 Å². The molecule has 154 valence electrons. The lowest BCUT2D eigenvalue weighted by atomic mass is 9.97. The number of hydrogen-bond donors (Lipinski definition) is 0. The Morgan fingerprint density at radius 3 is 2.36 bits per heavy atom. The van der Waals surface area contributed by atoms with Crippen LogP contribution in [0.1, 0.15) is 33.6 Å². The first-order valence-electron chi connectivity index (χ1n) is 9.46. The molecule has 1 aromatic carbocycles. The molecular weight excluding hydrogens is 368 g/mol. The molecule has 0 bridgehead atoms. The van der Waals surface area contributed by atoms with E-state index in [1.165, 1.54) is 13.8 Å². The highest BCUT2D eigenvalue weighted by Crippen LogP contribution is 2.34. The second-order valence-electron chi connectivity index (χ2n) is 6.77. The van der Waals surface area contributed by atoms with Crippen molar-refractivity contribution in [3.05, 3.63) is 30.3 Å². The van der Waals surface area contributed by atoms with Gasteiger partial charge in [-0.05, 0) is 18.6 Å². The van der Waals surface area contributed by atoms with Crippen molar-refractivity contribution in [3.63, 3.8) is 0 Å². The van der Waals surface area contributed by atoms with E-state index in [-0.39, 0.29) is 6.61 Å². The number of rotatable bonds is 6. The highest BCUT2D eigenvalue weighted by molar-refractivity contribution is 5.67. The smallest absolute Gasteiger partial charge is 0.303 e. The van der Waals surface area contributed by atoms with Gasteiger partial charge in [-0.2, -0.15) is 0 Å². The van der Waals surface area contributed by atoms with E-state index in [1.54, 1.807) is 12.1 Å². The maximum Gasteiger partial charge on any atom is 0.303 e. The summed E-state index contributed by atoms with van der Waals surface area (Å²) in [7, 11) is 0. The second kappa shape index (κ2) is 9.36. The standard InChI is InChI=1S/C20H26O8/c1-4-8-16-23-11-15-17(28-16)18(24-12(2)21)19(25-13(3)22)20(27-15)26-14-9-6-5-7-10-14/h5-7,9-10,15-20H,4,8,11H2,1-3H3/t15-,16-,17-,18+,19-,20-/m1/s1. The maximum absolute atomic E-state index is 11.8. The molecule has 0 saturated carbocycles. The minimum absolute atomic E-state index is 0.258. The fourth-order valence-electron chi connectivity index (χ4n) is 3.35. The first kappa shape index (κ1) is 20.6. The summed E-state index contributed by atoms with van der Waals surface area (Å²) in [6.45, 7) is 4.85. The minimum Gasteiger partial charge on any atom is -0.461 e. The molecule has 0 aromatic heterocycles. The summed E-state index contributed by atoms with van der Waals surface area (Å²) in [4.78, 5) is 23.5. The molecule has 2 aliphatic rings. The lowest BCUT2D eigenvalue weighted by molar-refractivity contribution is -0.349. The summed E-state index contributed by atoms with van der Waals surface area (Å²) >= 11 is 0. The van der Waals surface area contributed by atoms with Crippen LogP contribution in [0.5, 0.6) is 5.75 Å². The number of ether oxygens (including phenoxy) is 6. The molecule has 2 heterocycles. The molecule has 2 fully saturated rings. The molecule has 0 radical (unpaired) electrons. The quantitative estimate of drug-likeness (QED) is 0.679. The number of esters is 2. The third-order valence-electron chi connectivity index (χ3n) is 4.47. The Kier molecular flexibility index (Phi) is 6.88. The average Bonchev–Trinajstić information content (AvgIpc) is 2.65. The number of para-hydroxylation sites is 1. The zero-order valence-electron chi connectivity index (χ0n) is 16.2. The Morgan fingerprint density at radius 2 is 1.71 bits per heavy atom. The molecule has 0 spiro atoms. The Balaban J connectivity index is 1.86. The van der Waals surface area contributed by atoms with Crippen LogP contribution in [0, 0.1) is 0 Å². The van der Waals surface area contributed by atoms with Crippen LogP contribution in [-0.2, 0) is 33.3 Å². The number of carbonyl (C=O) groups excluding carboxylic acids is 2. The normalized spacial score (nSPS) is 32.1. The third-order valence-corrected chi connectivity index (χ3v) is 4.47. The van der Waals surface area contributed by atoms with Gasteiger partial charge in [0, 0.05) is 13.8 Å². The Labute approximate surface area is 164 Å². The average molecular weight is 394 g/mol. The molecule has 8 nitrogen and oxygen atoms in total. The molecule has 8 heteroatoms. The van der Waals surface area contributed by atoms with Gasteiger partial charge in [0.05, 0.1) is 6.61 Å². The van der Waals surface area contributed by atoms with Gasteiger partial charge >= 0.3 is 11.9 Å². The predicted octanol–water partition coefficient (Wildman–Crippen LogP) is 2.20. The molecule has 1 aromatic rings. The highest BCUT2D eigenvalue weighted by Gasteiger charge is 2.54. The van der Waals surface area contributed by atoms with Gasteiger partial charge in [0.15, 0.2) is 12.4 Å². The molecule has 28 heavy (non-hydrogen) atoms. The van der Waals surface area contributed by atoms with Crippen LogP contribution < -0.4 is 4.74 Å². The summed E-state index contributed by atoms with van der Waals surface area (Å²) in [6.07, 6.45) is -2.87. The number of benzene rings is 1. The lowest BCUT2D eigenvalue weighted by Crippen LogP contribution is -2.65. The van der Waals surface area contributed by atoms with E-state index in [2.05, 4.69) is 0 Å². The third kappa shape index (κ3) is 5.01. The van der Waals surface area contributed by atoms with E-state index in [4.69, 9.17) is 28.4 Å². The van der Waals surface area contributed by atoms with Crippen molar-refractivity contribution < 1.29 is 38.0 Å². The van der Waals surface area contributed by atoms with Crippen LogP contribution in [0.25, 0.3) is 0 Å². The van der Waals surface area contributed by atoms with E-state index >= 15 is 0 Å². The lowest BCUT2D eigenvalue weighted by Gasteiger charge is -2.47.